The van der Waals surface area contributed by atoms with Crippen molar-refractivity contribution in [3.63, 3.8) is 0 Å². The molecule has 3 nitrogen and oxygen atoms in total. The highest BCUT2D eigenvalue weighted by atomic mass is 32.1. The van der Waals surface area contributed by atoms with Gasteiger partial charge < -0.3 is 4.40 Å². The predicted octanol–water partition coefficient (Wildman–Crippen LogP) is 9.25. The number of aromatic nitrogens is 3. The Morgan fingerprint density at radius 2 is 1.18 bits per heavy atom. The molecule has 8 rings (SSSR count). The smallest absolute Gasteiger partial charge is 0.124 e. The molecule has 0 radical (unpaired) electrons. The normalized spacial score (nSPS) is 11.7. The number of hydrogen-bond acceptors (Lipinski definition) is 3. The first-order valence-electron chi connectivity index (χ1n) is 12.7. The molecule has 0 aliphatic rings. The van der Waals surface area contributed by atoms with Crippen molar-refractivity contribution in [2.75, 3.05) is 0 Å². The summed E-state index contributed by atoms with van der Waals surface area (Å²) in [6.45, 7) is 0. The zero-order valence-electron chi connectivity index (χ0n) is 20.4. The van der Waals surface area contributed by atoms with Crippen molar-refractivity contribution < 1.29 is 0 Å². The molecule has 0 bridgehead atoms. The molecule has 0 spiro atoms. The van der Waals surface area contributed by atoms with Crippen LogP contribution in [0.3, 0.4) is 0 Å². The second kappa shape index (κ2) is 8.37. The van der Waals surface area contributed by atoms with Gasteiger partial charge in [0.1, 0.15) is 5.01 Å². The Bertz CT molecular complexity index is 2120. The van der Waals surface area contributed by atoms with Gasteiger partial charge in [-0.15, -0.1) is 11.3 Å². The van der Waals surface area contributed by atoms with E-state index in [4.69, 9.17) is 9.97 Å². The van der Waals surface area contributed by atoms with Gasteiger partial charge in [-0.3, -0.25) is 0 Å². The molecule has 0 saturated heterocycles. The highest BCUT2D eigenvalue weighted by Gasteiger charge is 2.14. The molecular weight excluding hydrogens is 482 g/mol. The van der Waals surface area contributed by atoms with Gasteiger partial charge in [0.2, 0.25) is 0 Å². The molecule has 8 aromatic rings. The van der Waals surface area contributed by atoms with Crippen LogP contribution in [-0.4, -0.2) is 14.4 Å². The van der Waals surface area contributed by atoms with Crippen LogP contribution in [0.4, 0.5) is 0 Å². The summed E-state index contributed by atoms with van der Waals surface area (Å²) in [7, 11) is 0. The van der Waals surface area contributed by atoms with Crippen LogP contribution < -0.4 is 0 Å². The van der Waals surface area contributed by atoms with Gasteiger partial charge in [0, 0.05) is 16.5 Å². The first-order chi connectivity index (χ1) is 18.8. The first kappa shape index (κ1) is 21.3. The molecule has 3 aromatic heterocycles. The minimum absolute atomic E-state index is 0.991. The lowest BCUT2D eigenvalue weighted by Crippen LogP contribution is -1.95. The quantitative estimate of drug-likeness (QED) is 0.240. The number of para-hydroxylation sites is 3. The largest absolute Gasteiger partial charge is 0.306 e. The molecule has 0 amide bonds. The molecule has 5 aromatic carbocycles. The summed E-state index contributed by atoms with van der Waals surface area (Å²) >= 11 is 1.74. The van der Waals surface area contributed by atoms with Crippen molar-refractivity contribution >= 4 is 49.0 Å². The topological polar surface area (TPSA) is 30.2 Å². The maximum absolute atomic E-state index is 5.12. The van der Waals surface area contributed by atoms with Crippen LogP contribution in [-0.2, 0) is 0 Å². The summed E-state index contributed by atoms with van der Waals surface area (Å²) in [5, 5.41) is 2.27. The molecule has 0 aliphatic carbocycles. The average molecular weight is 504 g/mol. The second-order valence-corrected chi connectivity index (χ2v) is 10.5. The fraction of sp³-hybridized carbons (Fsp3) is 0. The van der Waals surface area contributed by atoms with E-state index in [2.05, 4.69) is 126 Å². The van der Waals surface area contributed by atoms with Crippen molar-refractivity contribution in [3.8, 4) is 33.0 Å². The van der Waals surface area contributed by atoms with Gasteiger partial charge in [0.05, 0.1) is 38.0 Å². The van der Waals surface area contributed by atoms with Crippen molar-refractivity contribution in [1.29, 1.82) is 0 Å². The number of benzene rings is 5. The van der Waals surface area contributed by atoms with Crippen molar-refractivity contribution in [2.45, 2.75) is 0 Å². The van der Waals surface area contributed by atoms with Gasteiger partial charge in [-0.2, -0.15) is 0 Å². The Morgan fingerprint density at radius 1 is 0.474 bits per heavy atom. The van der Waals surface area contributed by atoms with E-state index in [1.54, 1.807) is 11.3 Å². The van der Waals surface area contributed by atoms with Crippen molar-refractivity contribution in [3.05, 3.63) is 127 Å². The van der Waals surface area contributed by atoms with Crippen LogP contribution in [0.25, 0.3) is 70.6 Å². The minimum Gasteiger partial charge on any atom is -0.306 e. The second-order valence-electron chi connectivity index (χ2n) is 9.52. The fourth-order valence-electron chi connectivity index (χ4n) is 5.36. The summed E-state index contributed by atoms with van der Waals surface area (Å²) < 4.78 is 3.53. The van der Waals surface area contributed by atoms with Crippen molar-refractivity contribution in [1.82, 2.24) is 14.4 Å². The Kier molecular flexibility index (Phi) is 4.69. The Labute approximate surface area is 223 Å². The number of rotatable bonds is 3. The summed E-state index contributed by atoms with van der Waals surface area (Å²) in [5.41, 5.74) is 11.1. The van der Waals surface area contributed by atoms with Crippen LogP contribution in [0.15, 0.2) is 127 Å². The maximum atomic E-state index is 5.12. The van der Waals surface area contributed by atoms with Crippen LogP contribution in [0.1, 0.15) is 0 Å². The molecule has 38 heavy (non-hydrogen) atoms. The van der Waals surface area contributed by atoms with Crippen LogP contribution in [0.5, 0.6) is 0 Å². The van der Waals surface area contributed by atoms with E-state index in [1.807, 2.05) is 6.07 Å². The third-order valence-corrected chi connectivity index (χ3v) is 8.28. The van der Waals surface area contributed by atoms with E-state index >= 15 is 0 Å². The van der Waals surface area contributed by atoms with E-state index in [1.165, 1.54) is 26.7 Å². The van der Waals surface area contributed by atoms with E-state index in [0.717, 1.165) is 43.9 Å². The monoisotopic (exact) mass is 503 g/mol. The van der Waals surface area contributed by atoms with Gasteiger partial charge >= 0.3 is 0 Å². The zero-order valence-corrected chi connectivity index (χ0v) is 21.2. The standard InChI is InChI=1S/C34H21N3S/c1-2-8-24(9-3-1)34-36-28-19-18-25(21-32(28)38-34)22-14-16-23(17-15-22)33-31-20-26-10-4-6-12-29(26)37(31)30-13-7-5-11-27(30)35-33/h1-21H. The summed E-state index contributed by atoms with van der Waals surface area (Å²) in [4.78, 5) is 9.97. The van der Waals surface area contributed by atoms with Gasteiger partial charge in [-0.05, 0) is 47.5 Å². The first-order valence-corrected chi connectivity index (χ1v) is 13.5. The Morgan fingerprint density at radius 3 is 2.05 bits per heavy atom. The predicted molar refractivity (Wildman–Crippen MR) is 160 cm³/mol. The zero-order chi connectivity index (χ0) is 25.1. The fourth-order valence-corrected chi connectivity index (χ4v) is 6.37. The number of nitrogens with zero attached hydrogens (tertiary/aromatic N) is 3. The van der Waals surface area contributed by atoms with E-state index < -0.39 is 0 Å². The summed E-state index contributed by atoms with van der Waals surface area (Å²) in [5.74, 6) is 0. The molecule has 0 unspecified atom stereocenters. The van der Waals surface area contributed by atoms with Crippen molar-refractivity contribution in [2.24, 2.45) is 0 Å². The molecule has 0 saturated carbocycles. The number of hydrogen-bond donors (Lipinski definition) is 0. The third kappa shape index (κ3) is 3.35. The minimum atomic E-state index is 0.991. The molecule has 4 heteroatoms. The molecule has 178 valence electrons. The lowest BCUT2D eigenvalue weighted by molar-refractivity contribution is 1.27. The Hall–Kier alpha value is -4.80. The van der Waals surface area contributed by atoms with E-state index in [-0.39, 0.29) is 0 Å². The van der Waals surface area contributed by atoms with Crippen LogP contribution in [0.2, 0.25) is 0 Å². The van der Waals surface area contributed by atoms with Gasteiger partial charge in [0.25, 0.3) is 0 Å². The summed E-state index contributed by atoms with van der Waals surface area (Å²) in [6, 6.07) is 44.9. The van der Waals surface area contributed by atoms with E-state index in [9.17, 15) is 0 Å². The lowest BCUT2D eigenvalue weighted by atomic mass is 10.0. The highest BCUT2D eigenvalue weighted by Crippen LogP contribution is 2.35. The van der Waals surface area contributed by atoms with Crippen LogP contribution >= 0.6 is 11.3 Å². The Balaban J connectivity index is 1.23. The lowest BCUT2D eigenvalue weighted by Gasteiger charge is -2.10. The third-order valence-electron chi connectivity index (χ3n) is 7.21. The van der Waals surface area contributed by atoms with Gasteiger partial charge in [0.15, 0.2) is 0 Å². The van der Waals surface area contributed by atoms with Gasteiger partial charge in [-0.25, -0.2) is 9.97 Å². The molecule has 0 N–H and O–H groups in total. The maximum Gasteiger partial charge on any atom is 0.124 e. The molecule has 0 aliphatic heterocycles. The SMILES string of the molecule is c1ccc(-c2nc3ccc(-c4ccc(-c5nc6ccccc6n6c5cc5ccccc56)cc4)cc3s2)cc1. The molecular formula is C34H21N3S. The van der Waals surface area contributed by atoms with Crippen LogP contribution in [0, 0.1) is 0 Å². The molecule has 3 heterocycles. The van der Waals surface area contributed by atoms with E-state index in [0.29, 0.717) is 0 Å². The molecule has 0 fully saturated rings. The average Bonchev–Trinajstić information content (AvgIpc) is 3.59. The highest BCUT2D eigenvalue weighted by molar-refractivity contribution is 7.21. The summed E-state index contributed by atoms with van der Waals surface area (Å²) in [6.07, 6.45) is 0. The number of fused-ring (bicyclic) bond motifs is 6. The molecule has 0 atom stereocenters. The number of thiazole rings is 1. The van der Waals surface area contributed by atoms with Gasteiger partial charge in [-0.1, -0.05) is 91.0 Å².